The van der Waals surface area contributed by atoms with Gasteiger partial charge >= 0.3 is 0 Å². The van der Waals surface area contributed by atoms with Crippen molar-refractivity contribution in [1.29, 1.82) is 0 Å². The molecule has 1 aliphatic heterocycles. The fourth-order valence-corrected chi connectivity index (χ4v) is 3.09. The lowest BCUT2D eigenvalue weighted by atomic mass is 9.98. The molecule has 2 heteroatoms. The molecular weight excluding hydrogens is 232 g/mol. The highest BCUT2D eigenvalue weighted by molar-refractivity contribution is 5.84. The summed E-state index contributed by atoms with van der Waals surface area (Å²) in [7, 11) is 0. The minimum absolute atomic E-state index is 0.601. The van der Waals surface area contributed by atoms with Gasteiger partial charge in [-0.3, -0.25) is 0 Å². The molecule has 1 aliphatic rings. The SMILES string of the molecule is CC(C)c1ccc2[nH]cc(CCC3CCCN3)c2c1. The Morgan fingerprint density at radius 1 is 1.32 bits per heavy atom. The summed E-state index contributed by atoms with van der Waals surface area (Å²) in [6, 6.07) is 7.57. The number of hydrogen-bond acceptors (Lipinski definition) is 1. The van der Waals surface area contributed by atoms with Crippen molar-refractivity contribution in [2.75, 3.05) is 6.54 Å². The summed E-state index contributed by atoms with van der Waals surface area (Å²) in [5.41, 5.74) is 4.19. The molecule has 0 bridgehead atoms. The minimum Gasteiger partial charge on any atom is -0.361 e. The minimum atomic E-state index is 0.601. The van der Waals surface area contributed by atoms with E-state index in [9.17, 15) is 0 Å². The van der Waals surface area contributed by atoms with E-state index in [1.165, 1.54) is 54.3 Å². The van der Waals surface area contributed by atoms with E-state index < -0.39 is 0 Å². The maximum absolute atomic E-state index is 3.59. The van der Waals surface area contributed by atoms with Crippen LogP contribution in [0.3, 0.4) is 0 Å². The molecule has 0 spiro atoms. The Morgan fingerprint density at radius 2 is 2.21 bits per heavy atom. The highest BCUT2D eigenvalue weighted by atomic mass is 14.9. The lowest BCUT2D eigenvalue weighted by Crippen LogP contribution is -2.21. The van der Waals surface area contributed by atoms with E-state index in [0.717, 1.165) is 6.04 Å². The molecule has 0 radical (unpaired) electrons. The van der Waals surface area contributed by atoms with E-state index >= 15 is 0 Å². The zero-order valence-electron chi connectivity index (χ0n) is 12.0. The van der Waals surface area contributed by atoms with Gasteiger partial charge < -0.3 is 10.3 Å². The lowest BCUT2D eigenvalue weighted by molar-refractivity contribution is 0.560. The number of aromatic nitrogens is 1. The second-order valence-electron chi connectivity index (χ2n) is 6.11. The molecule has 0 saturated carbocycles. The van der Waals surface area contributed by atoms with Crippen LogP contribution in [-0.2, 0) is 6.42 Å². The highest BCUT2D eigenvalue weighted by Gasteiger charge is 2.14. The van der Waals surface area contributed by atoms with Gasteiger partial charge in [0.1, 0.15) is 0 Å². The Labute approximate surface area is 115 Å². The van der Waals surface area contributed by atoms with Crippen LogP contribution in [0.1, 0.15) is 50.2 Å². The van der Waals surface area contributed by atoms with E-state index in [2.05, 4.69) is 48.5 Å². The topological polar surface area (TPSA) is 27.8 Å². The lowest BCUT2D eigenvalue weighted by Gasteiger charge is -2.09. The Kier molecular flexibility index (Phi) is 3.61. The van der Waals surface area contributed by atoms with Crippen LogP contribution in [0.5, 0.6) is 0 Å². The van der Waals surface area contributed by atoms with E-state index in [0.29, 0.717) is 5.92 Å². The van der Waals surface area contributed by atoms with Crippen molar-refractivity contribution in [2.24, 2.45) is 0 Å². The molecule has 1 unspecified atom stereocenters. The maximum Gasteiger partial charge on any atom is 0.0456 e. The number of benzene rings is 1. The fraction of sp³-hybridized carbons (Fsp3) is 0.529. The van der Waals surface area contributed by atoms with Gasteiger partial charge in [-0.25, -0.2) is 0 Å². The van der Waals surface area contributed by atoms with Gasteiger partial charge in [0.05, 0.1) is 0 Å². The molecule has 1 atom stereocenters. The van der Waals surface area contributed by atoms with Crippen molar-refractivity contribution >= 4 is 10.9 Å². The number of aryl methyl sites for hydroxylation is 1. The number of fused-ring (bicyclic) bond motifs is 1. The van der Waals surface area contributed by atoms with Crippen LogP contribution in [0, 0.1) is 0 Å². The summed E-state index contributed by atoms with van der Waals surface area (Å²) in [6.07, 6.45) is 7.33. The van der Waals surface area contributed by atoms with Crippen LogP contribution >= 0.6 is 0 Å². The van der Waals surface area contributed by atoms with E-state index in [-0.39, 0.29) is 0 Å². The quantitative estimate of drug-likeness (QED) is 0.851. The van der Waals surface area contributed by atoms with Gasteiger partial charge in [-0.15, -0.1) is 0 Å². The number of rotatable bonds is 4. The van der Waals surface area contributed by atoms with Crippen molar-refractivity contribution in [3.8, 4) is 0 Å². The van der Waals surface area contributed by atoms with Gasteiger partial charge in [-0.05, 0) is 61.4 Å². The predicted molar refractivity (Wildman–Crippen MR) is 81.7 cm³/mol. The van der Waals surface area contributed by atoms with Gasteiger partial charge in [0.15, 0.2) is 0 Å². The summed E-state index contributed by atoms with van der Waals surface area (Å²) in [6.45, 7) is 5.72. The molecule has 0 amide bonds. The van der Waals surface area contributed by atoms with Gasteiger partial charge in [-0.2, -0.15) is 0 Å². The second-order valence-corrected chi connectivity index (χ2v) is 6.11. The molecule has 1 saturated heterocycles. The molecule has 0 aliphatic carbocycles. The Balaban J connectivity index is 1.80. The first-order valence-electron chi connectivity index (χ1n) is 7.57. The Bertz CT molecular complexity index is 547. The molecular formula is C17H24N2. The Hall–Kier alpha value is -1.28. The number of aromatic amines is 1. The van der Waals surface area contributed by atoms with Crippen LogP contribution in [0.4, 0.5) is 0 Å². The third-order valence-electron chi connectivity index (χ3n) is 4.38. The van der Waals surface area contributed by atoms with Gasteiger partial charge in [0, 0.05) is 23.1 Å². The smallest absolute Gasteiger partial charge is 0.0456 e. The fourth-order valence-electron chi connectivity index (χ4n) is 3.09. The first kappa shape index (κ1) is 12.7. The van der Waals surface area contributed by atoms with Crippen LogP contribution in [0.15, 0.2) is 24.4 Å². The second kappa shape index (κ2) is 5.38. The van der Waals surface area contributed by atoms with Crippen molar-refractivity contribution < 1.29 is 0 Å². The van der Waals surface area contributed by atoms with Crippen molar-refractivity contribution in [2.45, 2.75) is 51.5 Å². The van der Waals surface area contributed by atoms with E-state index in [4.69, 9.17) is 0 Å². The highest BCUT2D eigenvalue weighted by Crippen LogP contribution is 2.25. The molecule has 2 N–H and O–H groups in total. The first-order valence-corrected chi connectivity index (χ1v) is 7.57. The summed E-state index contributed by atoms with van der Waals surface area (Å²) < 4.78 is 0. The number of H-pyrrole nitrogens is 1. The third kappa shape index (κ3) is 2.69. The number of hydrogen-bond donors (Lipinski definition) is 2. The summed E-state index contributed by atoms with van der Waals surface area (Å²) in [4.78, 5) is 3.41. The summed E-state index contributed by atoms with van der Waals surface area (Å²) in [5.74, 6) is 0.601. The Morgan fingerprint density at radius 3 is 2.95 bits per heavy atom. The molecule has 2 nitrogen and oxygen atoms in total. The van der Waals surface area contributed by atoms with Gasteiger partial charge in [0.25, 0.3) is 0 Å². The number of nitrogens with one attached hydrogen (secondary N) is 2. The molecule has 2 aromatic rings. The standard InChI is InChI=1S/C17H24N2/c1-12(2)13-6-8-17-16(10-13)14(11-19-17)5-7-15-4-3-9-18-15/h6,8,10-12,15,18-19H,3-5,7,9H2,1-2H3. The first-order chi connectivity index (χ1) is 9.24. The molecule has 1 aromatic heterocycles. The molecule has 1 fully saturated rings. The van der Waals surface area contributed by atoms with E-state index in [1.54, 1.807) is 0 Å². The summed E-state index contributed by atoms with van der Waals surface area (Å²) in [5, 5.41) is 5.01. The molecule has 102 valence electrons. The summed E-state index contributed by atoms with van der Waals surface area (Å²) >= 11 is 0. The molecule has 1 aromatic carbocycles. The third-order valence-corrected chi connectivity index (χ3v) is 4.38. The molecule has 2 heterocycles. The van der Waals surface area contributed by atoms with Crippen molar-refractivity contribution in [3.63, 3.8) is 0 Å². The van der Waals surface area contributed by atoms with Crippen molar-refractivity contribution in [1.82, 2.24) is 10.3 Å². The van der Waals surface area contributed by atoms with Crippen LogP contribution in [0.2, 0.25) is 0 Å². The molecule has 3 rings (SSSR count). The van der Waals surface area contributed by atoms with Gasteiger partial charge in [0.2, 0.25) is 0 Å². The predicted octanol–water partition coefficient (Wildman–Crippen LogP) is 3.98. The van der Waals surface area contributed by atoms with Crippen LogP contribution in [0.25, 0.3) is 10.9 Å². The molecule has 19 heavy (non-hydrogen) atoms. The normalized spacial score (nSPS) is 19.6. The van der Waals surface area contributed by atoms with Gasteiger partial charge in [-0.1, -0.05) is 19.9 Å². The monoisotopic (exact) mass is 256 g/mol. The van der Waals surface area contributed by atoms with Crippen LogP contribution in [-0.4, -0.2) is 17.6 Å². The zero-order valence-corrected chi connectivity index (χ0v) is 12.0. The van der Waals surface area contributed by atoms with Crippen LogP contribution < -0.4 is 5.32 Å². The largest absolute Gasteiger partial charge is 0.361 e. The average Bonchev–Trinajstić information content (AvgIpc) is 3.05. The average molecular weight is 256 g/mol. The maximum atomic E-state index is 3.59. The van der Waals surface area contributed by atoms with E-state index in [1.807, 2.05) is 0 Å². The zero-order chi connectivity index (χ0) is 13.2. The van der Waals surface area contributed by atoms with Crippen molar-refractivity contribution in [3.05, 3.63) is 35.5 Å².